The Morgan fingerprint density at radius 3 is 2.15 bits per heavy atom. The molecule has 26 heavy (non-hydrogen) atoms. The van der Waals surface area contributed by atoms with Crippen molar-refractivity contribution in [2.45, 2.75) is 0 Å². The van der Waals surface area contributed by atoms with Crippen LogP contribution in [0.15, 0.2) is 54.7 Å². The first-order valence-electron chi connectivity index (χ1n) is 7.69. The number of nitrogens with zero attached hydrogens (tertiary/aromatic N) is 5. The quantitative estimate of drug-likeness (QED) is 0.492. The fourth-order valence-electron chi connectivity index (χ4n) is 2.34. The number of hydrogen-bond donors (Lipinski definition) is 0. The summed E-state index contributed by atoms with van der Waals surface area (Å²) in [4.78, 5) is 14.8. The van der Waals surface area contributed by atoms with Gasteiger partial charge in [-0.15, -0.1) is 5.10 Å². The predicted octanol–water partition coefficient (Wildman–Crippen LogP) is 3.75. The van der Waals surface area contributed by atoms with Gasteiger partial charge in [0.25, 0.3) is 0 Å². The number of allylic oxidation sites excluding steroid dienone is 1. The molecule has 132 valence electrons. The number of carbonyl (C=O) groups is 1. The minimum Gasteiger partial charge on any atom is -0.383 e. The summed E-state index contributed by atoms with van der Waals surface area (Å²) in [5, 5.41) is 13.0. The Labute approximate surface area is 160 Å². The first kappa shape index (κ1) is 18.1. The highest BCUT2D eigenvalue weighted by Gasteiger charge is 2.22. The minimum absolute atomic E-state index is 0.208. The zero-order chi connectivity index (χ0) is 18.7. The molecule has 6 nitrogen and oxygen atoms in total. The number of benzene rings is 2. The van der Waals surface area contributed by atoms with Crippen LogP contribution in [0.2, 0.25) is 10.0 Å². The highest BCUT2D eigenvalue weighted by molar-refractivity contribution is 6.31. The first-order chi connectivity index (χ1) is 12.5. The lowest BCUT2D eigenvalue weighted by atomic mass is 10.0. The largest absolute Gasteiger partial charge is 0.383 e. The van der Waals surface area contributed by atoms with Crippen molar-refractivity contribution >= 4 is 34.6 Å². The van der Waals surface area contributed by atoms with Crippen molar-refractivity contribution in [2.24, 2.45) is 0 Å². The van der Waals surface area contributed by atoms with Crippen LogP contribution in [0, 0.1) is 0 Å². The summed E-state index contributed by atoms with van der Waals surface area (Å²) >= 11 is 11.9. The summed E-state index contributed by atoms with van der Waals surface area (Å²) in [5.41, 5.74) is 1.55. The monoisotopic (exact) mass is 387 g/mol. The van der Waals surface area contributed by atoms with Crippen LogP contribution in [0.5, 0.6) is 0 Å². The predicted molar refractivity (Wildman–Crippen MR) is 102 cm³/mol. The normalized spacial score (nSPS) is 11.5. The van der Waals surface area contributed by atoms with Gasteiger partial charge >= 0.3 is 0 Å². The van der Waals surface area contributed by atoms with Gasteiger partial charge in [0.15, 0.2) is 11.6 Å². The van der Waals surface area contributed by atoms with E-state index in [2.05, 4.69) is 15.5 Å². The van der Waals surface area contributed by atoms with Crippen LogP contribution in [-0.4, -0.2) is 45.0 Å². The van der Waals surface area contributed by atoms with Crippen LogP contribution in [0.25, 0.3) is 11.3 Å². The molecule has 0 saturated carbocycles. The van der Waals surface area contributed by atoms with Crippen LogP contribution in [0.3, 0.4) is 0 Å². The number of hydrogen-bond acceptors (Lipinski definition) is 5. The molecule has 0 saturated heterocycles. The van der Waals surface area contributed by atoms with Crippen molar-refractivity contribution in [3.63, 3.8) is 0 Å². The van der Waals surface area contributed by atoms with Gasteiger partial charge in [0, 0.05) is 35.9 Å². The van der Waals surface area contributed by atoms with Crippen LogP contribution in [-0.2, 0) is 0 Å². The maximum atomic E-state index is 13.1. The van der Waals surface area contributed by atoms with Gasteiger partial charge in [-0.1, -0.05) is 23.2 Å². The molecule has 0 amide bonds. The maximum absolute atomic E-state index is 13.1. The van der Waals surface area contributed by atoms with Crippen LogP contribution >= 0.6 is 23.2 Å². The van der Waals surface area contributed by atoms with Gasteiger partial charge in [-0.25, -0.2) is 0 Å². The molecule has 0 spiro atoms. The number of ketones is 1. The lowest BCUT2D eigenvalue weighted by Gasteiger charge is -2.12. The molecule has 0 atom stereocenters. The van der Waals surface area contributed by atoms with Gasteiger partial charge in [-0.2, -0.15) is 4.68 Å². The Kier molecular flexibility index (Phi) is 5.35. The van der Waals surface area contributed by atoms with Crippen molar-refractivity contribution < 1.29 is 4.79 Å². The summed E-state index contributed by atoms with van der Waals surface area (Å²) in [5.74, 6) is 0.126. The number of tetrazole rings is 1. The topological polar surface area (TPSA) is 63.9 Å². The third-order valence-electron chi connectivity index (χ3n) is 3.52. The summed E-state index contributed by atoms with van der Waals surface area (Å²) in [6.45, 7) is 0. The van der Waals surface area contributed by atoms with E-state index in [0.717, 1.165) is 0 Å². The SMILES string of the molecule is CN(C)/C=C(\C(=O)c1ccc(Cl)cc1)c1nnnn1-c1ccc(Cl)cc1. The molecule has 0 bridgehead atoms. The van der Waals surface area contributed by atoms with Crippen molar-refractivity contribution in [1.82, 2.24) is 25.1 Å². The summed E-state index contributed by atoms with van der Waals surface area (Å²) < 4.78 is 1.50. The van der Waals surface area contributed by atoms with E-state index in [-0.39, 0.29) is 5.78 Å². The highest BCUT2D eigenvalue weighted by atomic mass is 35.5. The van der Waals surface area contributed by atoms with E-state index in [0.29, 0.717) is 32.7 Å². The smallest absolute Gasteiger partial charge is 0.198 e. The van der Waals surface area contributed by atoms with Crippen molar-refractivity contribution in [3.8, 4) is 5.69 Å². The molecule has 0 aliphatic rings. The number of aromatic nitrogens is 4. The first-order valence-corrected chi connectivity index (χ1v) is 8.44. The standard InChI is InChI=1S/C18H15Cl2N5O/c1-24(2)11-16(17(26)12-3-5-13(19)6-4-12)18-21-22-23-25(18)15-9-7-14(20)8-10-15/h3-11H,1-2H3/b16-11+. The number of halogens is 2. The van der Waals surface area contributed by atoms with Gasteiger partial charge in [0.05, 0.1) is 11.3 Å². The van der Waals surface area contributed by atoms with Crippen molar-refractivity contribution in [3.05, 3.63) is 76.2 Å². The van der Waals surface area contributed by atoms with Gasteiger partial charge in [-0.3, -0.25) is 4.79 Å². The molecular formula is C18H15Cl2N5O. The van der Waals surface area contributed by atoms with Gasteiger partial charge in [-0.05, 0) is 59.0 Å². The molecule has 2 aromatic carbocycles. The molecule has 8 heteroatoms. The van der Waals surface area contributed by atoms with Crippen LogP contribution in [0.1, 0.15) is 16.2 Å². The lowest BCUT2D eigenvalue weighted by Crippen LogP contribution is -2.13. The number of carbonyl (C=O) groups excluding carboxylic acids is 1. The van der Waals surface area contributed by atoms with E-state index in [1.54, 1.807) is 59.6 Å². The molecule has 3 aromatic rings. The molecule has 1 heterocycles. The molecule has 1 aromatic heterocycles. The lowest BCUT2D eigenvalue weighted by molar-refractivity contribution is 0.105. The Morgan fingerprint density at radius 1 is 1.00 bits per heavy atom. The second-order valence-corrected chi connectivity index (χ2v) is 6.61. The summed E-state index contributed by atoms with van der Waals surface area (Å²) in [6.07, 6.45) is 1.69. The maximum Gasteiger partial charge on any atom is 0.198 e. The average Bonchev–Trinajstić information content (AvgIpc) is 3.09. The fourth-order valence-corrected chi connectivity index (χ4v) is 2.60. The van der Waals surface area contributed by atoms with Gasteiger partial charge in [0.2, 0.25) is 0 Å². The number of Topliss-reactive ketones (excluding diaryl/α,β-unsaturated/α-hetero) is 1. The Hall–Kier alpha value is -2.70. The second kappa shape index (κ2) is 7.68. The van der Waals surface area contributed by atoms with E-state index < -0.39 is 0 Å². The number of rotatable bonds is 5. The average molecular weight is 388 g/mol. The molecule has 0 aliphatic heterocycles. The third kappa shape index (κ3) is 3.92. The summed E-state index contributed by atoms with van der Waals surface area (Å²) in [7, 11) is 3.65. The van der Waals surface area contributed by atoms with E-state index in [4.69, 9.17) is 23.2 Å². The van der Waals surface area contributed by atoms with Crippen LogP contribution in [0.4, 0.5) is 0 Å². The zero-order valence-corrected chi connectivity index (χ0v) is 15.6. The molecule has 0 N–H and O–H groups in total. The molecule has 0 radical (unpaired) electrons. The Balaban J connectivity index is 2.08. The van der Waals surface area contributed by atoms with Crippen molar-refractivity contribution in [1.29, 1.82) is 0 Å². The molecular weight excluding hydrogens is 373 g/mol. The molecule has 0 unspecified atom stereocenters. The van der Waals surface area contributed by atoms with E-state index >= 15 is 0 Å². The Bertz CT molecular complexity index is 946. The third-order valence-corrected chi connectivity index (χ3v) is 4.02. The van der Waals surface area contributed by atoms with E-state index in [1.807, 2.05) is 14.1 Å². The van der Waals surface area contributed by atoms with Crippen LogP contribution < -0.4 is 0 Å². The van der Waals surface area contributed by atoms with Crippen molar-refractivity contribution in [2.75, 3.05) is 14.1 Å². The zero-order valence-electron chi connectivity index (χ0n) is 14.1. The molecule has 3 rings (SSSR count). The molecule has 0 aliphatic carbocycles. The second-order valence-electron chi connectivity index (χ2n) is 5.73. The minimum atomic E-state index is -0.208. The molecule has 0 fully saturated rings. The van der Waals surface area contributed by atoms with E-state index in [1.165, 1.54) is 4.68 Å². The summed E-state index contributed by atoms with van der Waals surface area (Å²) in [6, 6.07) is 13.7. The fraction of sp³-hybridized carbons (Fsp3) is 0.111. The Morgan fingerprint density at radius 2 is 1.58 bits per heavy atom. The van der Waals surface area contributed by atoms with E-state index in [9.17, 15) is 4.79 Å². The highest BCUT2D eigenvalue weighted by Crippen LogP contribution is 2.22. The van der Waals surface area contributed by atoms with Gasteiger partial charge < -0.3 is 4.90 Å². The van der Waals surface area contributed by atoms with Gasteiger partial charge in [0.1, 0.15) is 0 Å².